The van der Waals surface area contributed by atoms with Crippen LogP contribution < -0.4 is 0 Å². The van der Waals surface area contributed by atoms with Gasteiger partial charge in [-0.1, -0.05) is 20.8 Å². The third-order valence-corrected chi connectivity index (χ3v) is 6.40. The van der Waals surface area contributed by atoms with Crippen LogP contribution in [0.3, 0.4) is 0 Å². The summed E-state index contributed by atoms with van der Waals surface area (Å²) >= 11 is 0. The van der Waals surface area contributed by atoms with Crippen molar-refractivity contribution in [3.05, 3.63) is 0 Å². The van der Waals surface area contributed by atoms with Gasteiger partial charge in [-0.3, -0.25) is 0 Å². The Hall–Kier alpha value is -0.120. The summed E-state index contributed by atoms with van der Waals surface area (Å²) in [6.45, 7) is 10.4. The highest BCUT2D eigenvalue weighted by Gasteiger charge is 2.64. The molecule has 1 heterocycles. The first-order valence-corrected chi connectivity index (χ1v) is 8.32. The van der Waals surface area contributed by atoms with Gasteiger partial charge in [0.1, 0.15) is 0 Å². The maximum atomic E-state index is 10.4. The second-order valence-electron chi connectivity index (χ2n) is 8.00. The Kier molecular flexibility index (Phi) is 3.67. The van der Waals surface area contributed by atoms with Crippen LogP contribution in [-0.2, 0) is 9.47 Å². The van der Waals surface area contributed by atoms with Crippen LogP contribution in [0.5, 0.6) is 0 Å². The summed E-state index contributed by atoms with van der Waals surface area (Å²) in [5.41, 5.74) is 0.375. The van der Waals surface area contributed by atoms with Crippen LogP contribution in [-0.4, -0.2) is 30.2 Å². The predicted molar refractivity (Wildman–Crippen MR) is 78.2 cm³/mol. The summed E-state index contributed by atoms with van der Waals surface area (Å²) in [6.07, 6.45) is 4.26. The summed E-state index contributed by atoms with van der Waals surface area (Å²) in [5, 5.41) is 10.4. The minimum Gasteiger partial charge on any atom is -0.393 e. The Labute approximate surface area is 123 Å². The number of aliphatic hydroxyl groups excluding tert-OH is 1. The van der Waals surface area contributed by atoms with E-state index in [0.29, 0.717) is 17.3 Å². The molecule has 0 unspecified atom stereocenters. The lowest BCUT2D eigenvalue weighted by Crippen LogP contribution is -2.32. The van der Waals surface area contributed by atoms with Crippen molar-refractivity contribution >= 4 is 0 Å². The van der Waals surface area contributed by atoms with Gasteiger partial charge in [0.05, 0.1) is 19.3 Å². The first-order valence-electron chi connectivity index (χ1n) is 8.32. The fraction of sp³-hybridized carbons (Fsp3) is 1.00. The molecule has 0 radical (unpaired) electrons. The van der Waals surface area contributed by atoms with Gasteiger partial charge in [-0.05, 0) is 55.3 Å². The summed E-state index contributed by atoms with van der Waals surface area (Å²) < 4.78 is 11.4. The van der Waals surface area contributed by atoms with Crippen molar-refractivity contribution in [3.63, 3.8) is 0 Å². The van der Waals surface area contributed by atoms with Gasteiger partial charge in [0.15, 0.2) is 5.79 Å². The van der Waals surface area contributed by atoms with E-state index < -0.39 is 0 Å². The summed E-state index contributed by atoms with van der Waals surface area (Å²) in [5.74, 6) is 2.30. The molecule has 1 N–H and O–H groups in total. The number of aliphatic hydroxyl groups is 1. The largest absolute Gasteiger partial charge is 0.393 e. The summed E-state index contributed by atoms with van der Waals surface area (Å²) in [4.78, 5) is 0. The van der Waals surface area contributed by atoms with E-state index in [2.05, 4.69) is 27.7 Å². The van der Waals surface area contributed by atoms with Gasteiger partial charge < -0.3 is 14.6 Å². The van der Waals surface area contributed by atoms with Crippen LogP contribution in [0.1, 0.15) is 53.4 Å². The minimum absolute atomic E-state index is 0.101. The van der Waals surface area contributed by atoms with Gasteiger partial charge in [0.25, 0.3) is 0 Å². The molecule has 2 aliphatic carbocycles. The fourth-order valence-corrected chi connectivity index (χ4v) is 4.92. The van der Waals surface area contributed by atoms with E-state index in [-0.39, 0.29) is 11.9 Å². The minimum atomic E-state index is -0.349. The SMILES string of the molecule is CC(C)[C@H]1C[C@@H]2[C@@H](CCC3(C)OCCO3)[C@]2(C)C[C@@H]1O. The lowest BCUT2D eigenvalue weighted by atomic mass is 9.75. The summed E-state index contributed by atoms with van der Waals surface area (Å²) in [6, 6.07) is 0. The van der Waals surface area contributed by atoms with Gasteiger partial charge in [0.2, 0.25) is 0 Å². The Morgan fingerprint density at radius 2 is 1.85 bits per heavy atom. The van der Waals surface area contributed by atoms with E-state index in [0.717, 1.165) is 37.9 Å². The van der Waals surface area contributed by atoms with E-state index in [1.54, 1.807) is 0 Å². The van der Waals surface area contributed by atoms with E-state index >= 15 is 0 Å². The molecule has 3 aliphatic rings. The topological polar surface area (TPSA) is 38.7 Å². The quantitative estimate of drug-likeness (QED) is 0.860. The maximum absolute atomic E-state index is 10.4. The number of hydrogen-bond donors (Lipinski definition) is 1. The Morgan fingerprint density at radius 3 is 2.45 bits per heavy atom. The molecule has 3 fully saturated rings. The van der Waals surface area contributed by atoms with Crippen molar-refractivity contribution in [1.29, 1.82) is 0 Å². The van der Waals surface area contributed by atoms with Crippen LogP contribution in [0.25, 0.3) is 0 Å². The highest BCUT2D eigenvalue weighted by molar-refractivity contribution is 5.12. The zero-order valence-electron chi connectivity index (χ0n) is 13.4. The molecule has 2 saturated carbocycles. The zero-order valence-corrected chi connectivity index (χ0v) is 13.4. The lowest BCUT2D eigenvalue weighted by molar-refractivity contribution is -0.148. The van der Waals surface area contributed by atoms with Crippen LogP contribution >= 0.6 is 0 Å². The van der Waals surface area contributed by atoms with Crippen LogP contribution in [0.2, 0.25) is 0 Å². The molecule has 0 amide bonds. The second-order valence-corrected chi connectivity index (χ2v) is 8.00. The van der Waals surface area contributed by atoms with Crippen molar-refractivity contribution in [2.24, 2.45) is 29.1 Å². The van der Waals surface area contributed by atoms with Crippen molar-refractivity contribution in [1.82, 2.24) is 0 Å². The molecular weight excluding hydrogens is 252 g/mol. The molecule has 0 bridgehead atoms. The highest BCUT2D eigenvalue weighted by Crippen LogP contribution is 2.69. The van der Waals surface area contributed by atoms with E-state index in [1.807, 2.05) is 0 Å². The molecule has 0 aromatic heterocycles. The van der Waals surface area contributed by atoms with E-state index in [9.17, 15) is 5.11 Å². The molecule has 20 heavy (non-hydrogen) atoms. The highest BCUT2D eigenvalue weighted by atomic mass is 16.7. The third-order valence-electron chi connectivity index (χ3n) is 6.40. The molecule has 0 aromatic carbocycles. The molecular formula is C17H30O3. The predicted octanol–water partition coefficient (Wildman–Crippen LogP) is 3.21. The standard InChI is InChI=1S/C17H30O3/c1-11(2)12-9-14-13(16(14,3)10-15(12)18)5-6-17(4)19-7-8-20-17/h11-15,18H,5-10H2,1-4H3/t12-,13-,14-,15+,16+/m1/s1. The molecule has 116 valence electrons. The monoisotopic (exact) mass is 282 g/mol. The second kappa shape index (κ2) is 4.96. The fourth-order valence-electron chi connectivity index (χ4n) is 4.92. The number of fused-ring (bicyclic) bond motifs is 1. The van der Waals surface area contributed by atoms with E-state index in [1.165, 1.54) is 12.8 Å². The summed E-state index contributed by atoms with van der Waals surface area (Å²) in [7, 11) is 0. The average molecular weight is 282 g/mol. The first-order chi connectivity index (χ1) is 9.36. The molecule has 3 nitrogen and oxygen atoms in total. The smallest absolute Gasteiger partial charge is 0.165 e. The lowest BCUT2D eigenvalue weighted by Gasteiger charge is -2.33. The van der Waals surface area contributed by atoms with Gasteiger partial charge in [0, 0.05) is 6.42 Å². The van der Waals surface area contributed by atoms with Crippen LogP contribution in [0.15, 0.2) is 0 Å². The molecule has 0 spiro atoms. The number of rotatable bonds is 4. The van der Waals surface area contributed by atoms with Gasteiger partial charge in [-0.25, -0.2) is 0 Å². The van der Waals surface area contributed by atoms with Crippen molar-refractivity contribution in [2.45, 2.75) is 65.3 Å². The molecule has 3 heteroatoms. The number of ether oxygens (including phenoxy) is 2. The third kappa shape index (κ3) is 2.42. The Bertz CT molecular complexity index is 361. The van der Waals surface area contributed by atoms with Crippen molar-refractivity contribution < 1.29 is 14.6 Å². The normalized spacial score (nSPS) is 46.5. The van der Waals surface area contributed by atoms with Crippen molar-refractivity contribution in [2.75, 3.05) is 13.2 Å². The van der Waals surface area contributed by atoms with Gasteiger partial charge in [-0.15, -0.1) is 0 Å². The average Bonchev–Trinajstić information content (AvgIpc) is 2.69. The molecule has 3 rings (SSSR count). The Balaban J connectivity index is 1.57. The molecule has 0 aromatic rings. The molecule has 1 aliphatic heterocycles. The zero-order chi connectivity index (χ0) is 14.5. The maximum Gasteiger partial charge on any atom is 0.165 e. The number of hydrogen-bond acceptors (Lipinski definition) is 3. The van der Waals surface area contributed by atoms with E-state index in [4.69, 9.17) is 9.47 Å². The Morgan fingerprint density at radius 1 is 1.20 bits per heavy atom. The van der Waals surface area contributed by atoms with Crippen LogP contribution in [0.4, 0.5) is 0 Å². The van der Waals surface area contributed by atoms with Crippen molar-refractivity contribution in [3.8, 4) is 0 Å². The molecule has 1 saturated heterocycles. The van der Waals surface area contributed by atoms with Gasteiger partial charge in [-0.2, -0.15) is 0 Å². The molecule has 5 atom stereocenters. The van der Waals surface area contributed by atoms with Gasteiger partial charge >= 0.3 is 0 Å². The van der Waals surface area contributed by atoms with Crippen LogP contribution in [0, 0.1) is 29.1 Å². The first kappa shape index (κ1) is 14.8.